The van der Waals surface area contributed by atoms with Crippen LogP contribution in [0.5, 0.6) is 0 Å². The minimum absolute atomic E-state index is 0.0970. The number of rotatable bonds is 9. The molecule has 0 aromatic rings. The Kier molecular flexibility index (Phi) is 8.24. The molecule has 192 valence electrons. The molecule has 10 atom stereocenters. The van der Waals surface area contributed by atoms with Crippen molar-refractivity contribution in [3.05, 3.63) is 0 Å². The second-order valence-corrected chi connectivity index (χ2v) is 13.9. The van der Waals surface area contributed by atoms with Crippen LogP contribution in [0.4, 0.5) is 0 Å². The summed E-state index contributed by atoms with van der Waals surface area (Å²) in [4.78, 5) is 0. The first kappa shape index (κ1) is 26.0. The van der Waals surface area contributed by atoms with Gasteiger partial charge in [-0.05, 0) is 123 Å². The highest BCUT2D eigenvalue weighted by Gasteiger charge is 2.62. The van der Waals surface area contributed by atoms with Gasteiger partial charge in [0.15, 0.2) is 0 Å². The van der Waals surface area contributed by atoms with Crippen LogP contribution in [-0.4, -0.2) is 30.3 Å². The van der Waals surface area contributed by atoms with Crippen LogP contribution in [0.15, 0.2) is 0 Å². The van der Waals surface area contributed by atoms with Crippen molar-refractivity contribution in [2.75, 3.05) is 13.1 Å². The maximum absolute atomic E-state index is 11.5. The Morgan fingerprint density at radius 1 is 0.879 bits per heavy atom. The van der Waals surface area contributed by atoms with E-state index in [1.54, 1.807) is 0 Å². The van der Waals surface area contributed by atoms with E-state index in [0.717, 1.165) is 61.4 Å². The second-order valence-electron chi connectivity index (χ2n) is 13.9. The zero-order chi connectivity index (χ0) is 23.8. The van der Waals surface area contributed by atoms with E-state index in [0.29, 0.717) is 22.8 Å². The fourth-order valence-corrected chi connectivity index (χ4v) is 9.92. The monoisotopic (exact) mass is 460 g/mol. The van der Waals surface area contributed by atoms with Gasteiger partial charge in [0.05, 0.1) is 6.10 Å². The molecule has 0 aliphatic heterocycles. The van der Waals surface area contributed by atoms with Crippen LogP contribution in [0.25, 0.3) is 0 Å². The lowest BCUT2D eigenvalue weighted by Crippen LogP contribution is -2.59. The van der Waals surface area contributed by atoms with Crippen LogP contribution in [0.3, 0.4) is 0 Å². The molecule has 4 fully saturated rings. The first-order chi connectivity index (χ1) is 15.7. The van der Waals surface area contributed by atoms with E-state index in [2.05, 4.69) is 39.9 Å². The second kappa shape index (κ2) is 10.5. The first-order valence-electron chi connectivity index (χ1n) is 14.8. The topological polar surface area (TPSA) is 58.3 Å². The van der Waals surface area contributed by atoms with Crippen molar-refractivity contribution in [1.29, 1.82) is 0 Å². The van der Waals surface area contributed by atoms with Crippen LogP contribution in [0.2, 0.25) is 0 Å². The molecule has 0 spiro atoms. The molecule has 0 radical (unpaired) electrons. The summed E-state index contributed by atoms with van der Waals surface area (Å²) in [5, 5.41) is 15.3. The summed E-state index contributed by atoms with van der Waals surface area (Å²) in [5.74, 6) is 5.53. The van der Waals surface area contributed by atoms with Crippen molar-refractivity contribution in [3.8, 4) is 0 Å². The number of fused-ring (bicyclic) bond motifs is 5. The lowest BCUT2D eigenvalue weighted by molar-refractivity contribution is -0.162. The summed E-state index contributed by atoms with van der Waals surface area (Å²) in [6.07, 6.45) is 15.7. The van der Waals surface area contributed by atoms with Gasteiger partial charge in [-0.25, -0.2) is 0 Å². The average Bonchev–Trinajstić information content (AvgIpc) is 3.12. The van der Waals surface area contributed by atoms with Crippen LogP contribution < -0.4 is 11.1 Å². The molecule has 4 saturated carbocycles. The Morgan fingerprint density at radius 2 is 1.61 bits per heavy atom. The molecule has 4 aliphatic rings. The number of hydrogen-bond donors (Lipinski definition) is 3. The third kappa shape index (κ3) is 4.94. The normalized spacial score (nSPS) is 46.0. The molecule has 0 amide bonds. The van der Waals surface area contributed by atoms with Crippen LogP contribution in [-0.2, 0) is 0 Å². The lowest BCUT2D eigenvalue weighted by atomic mass is 9.43. The molecule has 0 saturated heterocycles. The fourth-order valence-electron chi connectivity index (χ4n) is 9.92. The van der Waals surface area contributed by atoms with Gasteiger partial charge in [0, 0.05) is 6.04 Å². The smallest absolute Gasteiger partial charge is 0.0577 e. The van der Waals surface area contributed by atoms with E-state index in [1.807, 2.05) is 0 Å². The van der Waals surface area contributed by atoms with E-state index < -0.39 is 0 Å². The van der Waals surface area contributed by atoms with Gasteiger partial charge in [-0.3, -0.25) is 0 Å². The molecule has 0 aromatic heterocycles. The van der Waals surface area contributed by atoms with Crippen molar-refractivity contribution in [1.82, 2.24) is 5.32 Å². The maximum atomic E-state index is 11.5. The molecule has 33 heavy (non-hydrogen) atoms. The van der Waals surface area contributed by atoms with Gasteiger partial charge in [0.25, 0.3) is 0 Å². The average molecular weight is 461 g/mol. The first-order valence-corrected chi connectivity index (χ1v) is 14.8. The SMILES string of the molecule is CC(C)CCCC(C)[C@H]1CCC2C3CC(O)[C@H]4C[C@H](NCCCN)CC[C@]4(C)C3CC[C@@]21C. The van der Waals surface area contributed by atoms with Crippen molar-refractivity contribution in [2.45, 2.75) is 124 Å². The zero-order valence-corrected chi connectivity index (χ0v) is 22.6. The summed E-state index contributed by atoms with van der Waals surface area (Å²) in [6, 6.07) is 0.581. The molecule has 4 rings (SSSR count). The summed E-state index contributed by atoms with van der Waals surface area (Å²) >= 11 is 0. The van der Waals surface area contributed by atoms with E-state index in [4.69, 9.17) is 5.73 Å². The van der Waals surface area contributed by atoms with Crippen molar-refractivity contribution in [3.63, 3.8) is 0 Å². The number of nitrogens with one attached hydrogen (secondary N) is 1. The molecule has 0 heterocycles. The Balaban J connectivity index is 1.43. The van der Waals surface area contributed by atoms with Crippen LogP contribution >= 0.6 is 0 Å². The van der Waals surface area contributed by atoms with E-state index in [1.165, 1.54) is 64.2 Å². The van der Waals surface area contributed by atoms with Gasteiger partial charge in [-0.15, -0.1) is 0 Å². The fraction of sp³-hybridized carbons (Fsp3) is 1.00. The number of hydrogen-bond acceptors (Lipinski definition) is 3. The third-order valence-corrected chi connectivity index (χ3v) is 11.7. The Bertz CT molecular complexity index is 637. The molecule has 4 N–H and O–H groups in total. The number of nitrogens with two attached hydrogens (primary N) is 1. The summed E-state index contributed by atoms with van der Waals surface area (Å²) in [7, 11) is 0. The Labute approximate surface area is 205 Å². The zero-order valence-electron chi connectivity index (χ0n) is 22.6. The van der Waals surface area contributed by atoms with E-state index in [-0.39, 0.29) is 6.10 Å². The van der Waals surface area contributed by atoms with Crippen LogP contribution in [0.1, 0.15) is 112 Å². The third-order valence-electron chi connectivity index (χ3n) is 11.7. The van der Waals surface area contributed by atoms with Gasteiger partial charge in [0.2, 0.25) is 0 Å². The predicted octanol–water partition coefficient (Wildman–Crippen LogP) is 6.39. The molecular formula is C30H56N2O. The van der Waals surface area contributed by atoms with E-state index >= 15 is 0 Å². The maximum Gasteiger partial charge on any atom is 0.0577 e. The number of aliphatic hydroxyl groups is 1. The van der Waals surface area contributed by atoms with Gasteiger partial charge >= 0.3 is 0 Å². The molecular weight excluding hydrogens is 404 g/mol. The largest absolute Gasteiger partial charge is 0.393 e. The highest BCUT2D eigenvalue weighted by Crippen LogP contribution is 2.68. The molecule has 0 bridgehead atoms. The highest BCUT2D eigenvalue weighted by molar-refractivity contribution is 5.11. The molecule has 5 unspecified atom stereocenters. The van der Waals surface area contributed by atoms with Gasteiger partial charge in [0.1, 0.15) is 0 Å². The van der Waals surface area contributed by atoms with Crippen molar-refractivity contribution in [2.24, 2.45) is 58.0 Å². The Morgan fingerprint density at radius 3 is 2.33 bits per heavy atom. The van der Waals surface area contributed by atoms with Gasteiger partial charge < -0.3 is 16.2 Å². The van der Waals surface area contributed by atoms with Crippen LogP contribution in [0, 0.1) is 52.3 Å². The van der Waals surface area contributed by atoms with Crippen molar-refractivity contribution >= 4 is 0 Å². The summed E-state index contributed by atoms with van der Waals surface area (Å²) < 4.78 is 0. The predicted molar refractivity (Wildman–Crippen MR) is 140 cm³/mol. The quantitative estimate of drug-likeness (QED) is 0.350. The molecule has 3 heteroatoms. The molecule has 0 aromatic carbocycles. The highest BCUT2D eigenvalue weighted by atomic mass is 16.3. The van der Waals surface area contributed by atoms with Gasteiger partial charge in [-0.2, -0.15) is 0 Å². The minimum atomic E-state index is -0.0970. The minimum Gasteiger partial charge on any atom is -0.393 e. The van der Waals surface area contributed by atoms with Gasteiger partial charge in [-0.1, -0.05) is 53.9 Å². The number of aliphatic hydroxyl groups excluding tert-OH is 1. The van der Waals surface area contributed by atoms with Crippen molar-refractivity contribution < 1.29 is 5.11 Å². The molecule has 4 aliphatic carbocycles. The lowest BCUT2D eigenvalue weighted by Gasteiger charge is -2.62. The standard InChI is InChI=1S/C30H56N2O/c1-20(2)8-6-9-21(3)24-10-11-25-23-19-28(33)27-18-22(32-17-7-16-31)12-14-30(27,5)26(23)13-15-29(24,25)4/h20-28,32-33H,6-19,31H2,1-5H3/t21?,22-,23?,24-,25?,26?,27-,28?,29-,30-/m1/s1. The Hall–Kier alpha value is -0.120. The summed E-state index contributed by atoms with van der Waals surface area (Å²) in [5.41, 5.74) is 6.56. The molecule has 3 nitrogen and oxygen atoms in total. The van der Waals surface area contributed by atoms with E-state index in [9.17, 15) is 5.11 Å². The summed E-state index contributed by atoms with van der Waals surface area (Å²) in [6.45, 7) is 14.3.